The van der Waals surface area contributed by atoms with E-state index in [0.29, 0.717) is 11.3 Å². The summed E-state index contributed by atoms with van der Waals surface area (Å²) in [6.45, 7) is 5.27. The number of nitrogens with two attached hydrogens (primary N) is 1. The number of esters is 1. The molecular formula is C12H17N5O3S. The fourth-order valence-electron chi connectivity index (χ4n) is 2.13. The Labute approximate surface area is 126 Å². The summed E-state index contributed by atoms with van der Waals surface area (Å²) in [5.41, 5.74) is 14.3. The summed E-state index contributed by atoms with van der Waals surface area (Å²) in [7, 11) is 0. The van der Waals surface area contributed by atoms with Crippen LogP contribution in [0.5, 0.6) is 0 Å². The number of ether oxygens (including phenoxy) is 1. The van der Waals surface area contributed by atoms with E-state index < -0.39 is 17.6 Å². The van der Waals surface area contributed by atoms with Crippen LogP contribution in [-0.4, -0.2) is 46.1 Å². The predicted octanol–water partition coefficient (Wildman–Crippen LogP) is 1.13. The van der Waals surface area contributed by atoms with Gasteiger partial charge in [0.1, 0.15) is 22.7 Å². The Hall–Kier alpha value is -1.70. The van der Waals surface area contributed by atoms with Crippen molar-refractivity contribution in [3.8, 4) is 0 Å². The van der Waals surface area contributed by atoms with Crippen LogP contribution in [0.15, 0.2) is 16.4 Å². The number of nitrogens with zero attached hydrogens (tertiary/aromatic N) is 4. The van der Waals surface area contributed by atoms with Crippen LogP contribution < -0.4 is 5.73 Å². The molecule has 2 atom stereocenters. The molecule has 1 saturated heterocycles. The van der Waals surface area contributed by atoms with E-state index in [-0.39, 0.29) is 23.5 Å². The maximum atomic E-state index is 12.4. The van der Waals surface area contributed by atoms with Crippen LogP contribution in [0.25, 0.3) is 10.4 Å². The lowest BCUT2D eigenvalue weighted by Gasteiger charge is -2.48. The number of hydrogen-bond donors (Lipinski definition) is 1. The minimum absolute atomic E-state index is 0.0316. The normalized spacial score (nSPS) is 25.0. The lowest BCUT2D eigenvalue weighted by Crippen LogP contribution is -2.68. The first-order valence-electron chi connectivity index (χ1n) is 6.42. The van der Waals surface area contributed by atoms with Crippen molar-refractivity contribution in [2.45, 2.75) is 37.8 Å². The molecule has 2 N–H and O–H groups in total. The van der Waals surface area contributed by atoms with Gasteiger partial charge in [0.05, 0.1) is 6.54 Å². The summed E-state index contributed by atoms with van der Waals surface area (Å²) in [6.07, 6.45) is 0. The molecule has 0 radical (unpaired) electrons. The molecule has 21 heavy (non-hydrogen) atoms. The van der Waals surface area contributed by atoms with Crippen molar-refractivity contribution in [3.63, 3.8) is 0 Å². The molecule has 0 aromatic carbocycles. The van der Waals surface area contributed by atoms with Crippen molar-refractivity contribution in [3.05, 3.63) is 21.7 Å². The van der Waals surface area contributed by atoms with E-state index >= 15 is 0 Å². The molecule has 0 spiro atoms. The van der Waals surface area contributed by atoms with Gasteiger partial charge in [-0.15, -0.1) is 11.8 Å². The number of β-lactam (4-membered cyclic amide) rings is 1. The molecule has 2 aliphatic heterocycles. The van der Waals surface area contributed by atoms with Crippen LogP contribution in [0.4, 0.5) is 0 Å². The van der Waals surface area contributed by atoms with Crippen molar-refractivity contribution >= 4 is 23.6 Å². The summed E-state index contributed by atoms with van der Waals surface area (Å²) in [6, 6.07) is -0.603. The fourth-order valence-corrected chi connectivity index (χ4v) is 3.42. The molecule has 9 heteroatoms. The number of hydrogen-bond acceptors (Lipinski definition) is 6. The lowest BCUT2D eigenvalue weighted by atomic mass is 10.0. The minimum Gasteiger partial charge on any atom is -0.455 e. The molecule has 0 bridgehead atoms. The van der Waals surface area contributed by atoms with Crippen molar-refractivity contribution in [2.75, 3.05) is 12.3 Å². The fraction of sp³-hybridized carbons (Fsp3) is 0.667. The van der Waals surface area contributed by atoms with Crippen LogP contribution in [-0.2, 0) is 14.3 Å². The molecular weight excluding hydrogens is 294 g/mol. The minimum atomic E-state index is -0.677. The van der Waals surface area contributed by atoms with Crippen LogP contribution >= 0.6 is 11.8 Å². The van der Waals surface area contributed by atoms with Gasteiger partial charge in [-0.3, -0.25) is 9.69 Å². The highest BCUT2D eigenvalue weighted by molar-refractivity contribution is 8.00. The molecule has 0 aromatic heterocycles. The van der Waals surface area contributed by atoms with Crippen LogP contribution in [0.1, 0.15) is 20.8 Å². The summed E-state index contributed by atoms with van der Waals surface area (Å²) < 4.78 is 5.35. The van der Waals surface area contributed by atoms with Gasteiger partial charge in [0.15, 0.2) is 0 Å². The highest BCUT2D eigenvalue weighted by Crippen LogP contribution is 2.40. The Morgan fingerprint density at radius 3 is 2.86 bits per heavy atom. The molecule has 2 rings (SSSR count). The summed E-state index contributed by atoms with van der Waals surface area (Å²) >= 11 is 1.45. The number of carbonyl (C=O) groups is 2. The highest BCUT2D eigenvalue weighted by atomic mass is 32.2. The first-order valence-corrected chi connectivity index (χ1v) is 7.47. The van der Waals surface area contributed by atoms with E-state index in [1.165, 1.54) is 16.7 Å². The number of thioether (sulfide) groups is 1. The number of rotatable bonds is 3. The van der Waals surface area contributed by atoms with E-state index in [4.69, 9.17) is 16.0 Å². The maximum Gasteiger partial charge on any atom is 0.355 e. The van der Waals surface area contributed by atoms with Crippen LogP contribution in [0.3, 0.4) is 0 Å². The molecule has 0 saturated carbocycles. The number of carbonyl (C=O) groups excluding carboxylic acids is 2. The summed E-state index contributed by atoms with van der Waals surface area (Å²) in [4.78, 5) is 28.4. The summed E-state index contributed by atoms with van der Waals surface area (Å²) in [5.74, 6) is -0.418. The highest BCUT2D eigenvalue weighted by Gasteiger charge is 2.52. The third-order valence-corrected chi connectivity index (χ3v) is 4.37. The SMILES string of the molecule is CC(C)(C)OC(=O)C1=C(CN=[N+]=[N-])CS[C@H]2C(N)C(=O)N12. The quantitative estimate of drug-likeness (QED) is 0.275. The molecule has 1 unspecified atom stereocenters. The second-order valence-corrected chi connectivity index (χ2v) is 6.88. The number of azide groups is 1. The predicted molar refractivity (Wildman–Crippen MR) is 78.0 cm³/mol. The van der Waals surface area contributed by atoms with Gasteiger partial charge in [-0.2, -0.15) is 0 Å². The third kappa shape index (κ3) is 2.99. The molecule has 1 fully saturated rings. The van der Waals surface area contributed by atoms with Gasteiger partial charge < -0.3 is 10.5 Å². The Morgan fingerprint density at radius 2 is 2.29 bits per heavy atom. The van der Waals surface area contributed by atoms with Gasteiger partial charge in [0.2, 0.25) is 5.91 Å². The molecule has 1 amide bonds. The smallest absolute Gasteiger partial charge is 0.355 e. The molecule has 2 heterocycles. The van der Waals surface area contributed by atoms with Gasteiger partial charge in [-0.05, 0) is 31.9 Å². The zero-order valence-corrected chi connectivity index (χ0v) is 12.9. The Balaban J connectivity index is 2.35. The molecule has 0 aromatic rings. The van der Waals surface area contributed by atoms with Gasteiger partial charge >= 0.3 is 5.97 Å². The van der Waals surface area contributed by atoms with Gasteiger partial charge in [-0.25, -0.2) is 4.79 Å². The van der Waals surface area contributed by atoms with Crippen LogP contribution in [0.2, 0.25) is 0 Å². The second-order valence-electron chi connectivity index (χ2n) is 5.78. The maximum absolute atomic E-state index is 12.4. The molecule has 8 nitrogen and oxygen atoms in total. The first kappa shape index (κ1) is 15.7. The monoisotopic (exact) mass is 311 g/mol. The van der Waals surface area contributed by atoms with Crippen molar-refractivity contribution < 1.29 is 14.3 Å². The van der Waals surface area contributed by atoms with E-state index in [1.807, 2.05) is 0 Å². The third-order valence-electron chi connectivity index (χ3n) is 3.01. The largest absolute Gasteiger partial charge is 0.455 e. The zero-order valence-electron chi connectivity index (χ0n) is 12.1. The van der Waals surface area contributed by atoms with Crippen molar-refractivity contribution in [1.82, 2.24) is 4.90 Å². The standard InChI is InChI=1S/C12H17N5O3S/c1-12(2,3)20-11(19)8-6(4-15-16-14)5-21-10-7(13)9(18)17(8)10/h7,10H,4-5,13H2,1-3H3/t7?,10-/m0/s1. The Bertz CT molecular complexity index is 562. The van der Waals surface area contributed by atoms with Crippen molar-refractivity contribution in [2.24, 2.45) is 10.8 Å². The lowest BCUT2D eigenvalue weighted by molar-refractivity contribution is -0.158. The van der Waals surface area contributed by atoms with Crippen molar-refractivity contribution in [1.29, 1.82) is 0 Å². The Morgan fingerprint density at radius 1 is 1.62 bits per heavy atom. The zero-order chi connectivity index (χ0) is 15.8. The van der Waals surface area contributed by atoms with E-state index in [2.05, 4.69) is 10.0 Å². The van der Waals surface area contributed by atoms with Gasteiger partial charge in [0.25, 0.3) is 0 Å². The average Bonchev–Trinajstić information content (AvgIpc) is 2.41. The Kier molecular flexibility index (Phi) is 4.18. The van der Waals surface area contributed by atoms with Crippen LogP contribution in [0, 0.1) is 0 Å². The second kappa shape index (κ2) is 5.59. The number of amides is 1. The van der Waals surface area contributed by atoms with E-state index in [9.17, 15) is 9.59 Å². The first-order chi connectivity index (χ1) is 9.76. The molecule has 114 valence electrons. The topological polar surface area (TPSA) is 121 Å². The van der Waals surface area contributed by atoms with Gasteiger partial charge in [0, 0.05) is 10.7 Å². The summed E-state index contributed by atoms with van der Waals surface area (Å²) in [5, 5.41) is 3.23. The van der Waals surface area contributed by atoms with E-state index in [0.717, 1.165) is 0 Å². The average molecular weight is 311 g/mol. The number of fused-ring (bicyclic) bond motifs is 1. The van der Waals surface area contributed by atoms with E-state index in [1.54, 1.807) is 20.8 Å². The molecule has 2 aliphatic rings. The molecule has 0 aliphatic carbocycles. The van der Waals surface area contributed by atoms with Gasteiger partial charge in [-0.1, -0.05) is 5.11 Å².